The second-order valence-electron chi connectivity index (χ2n) is 5.78. The number of piperidine rings is 1. The molecule has 2 heterocycles. The van der Waals surface area contributed by atoms with E-state index in [1.54, 1.807) is 0 Å². The molecule has 0 aliphatic carbocycles. The van der Waals surface area contributed by atoms with Gasteiger partial charge in [-0.25, -0.2) is 0 Å². The molecule has 0 saturated carbocycles. The molecule has 2 aliphatic rings. The third kappa shape index (κ3) is 5.68. The molecule has 106 valence electrons. The molecule has 2 rings (SSSR count). The summed E-state index contributed by atoms with van der Waals surface area (Å²) in [7, 11) is 0. The Kier molecular flexibility index (Phi) is 7.06. The van der Waals surface area contributed by atoms with Gasteiger partial charge in [0.25, 0.3) is 0 Å². The van der Waals surface area contributed by atoms with Crippen LogP contribution in [0.4, 0.5) is 0 Å². The summed E-state index contributed by atoms with van der Waals surface area (Å²) in [5, 5.41) is 3.57. The minimum Gasteiger partial charge on any atom is -0.378 e. The van der Waals surface area contributed by atoms with Crippen molar-refractivity contribution in [2.45, 2.75) is 57.5 Å². The van der Waals surface area contributed by atoms with E-state index < -0.39 is 0 Å². The van der Waals surface area contributed by atoms with Crippen LogP contribution in [-0.4, -0.2) is 50.3 Å². The van der Waals surface area contributed by atoms with Crippen LogP contribution in [0.1, 0.15) is 51.4 Å². The fourth-order valence-corrected chi connectivity index (χ4v) is 3.06. The van der Waals surface area contributed by atoms with E-state index in [0.717, 1.165) is 6.61 Å². The zero-order chi connectivity index (χ0) is 12.5. The van der Waals surface area contributed by atoms with Gasteiger partial charge >= 0.3 is 0 Å². The van der Waals surface area contributed by atoms with Crippen LogP contribution in [0.15, 0.2) is 0 Å². The second kappa shape index (κ2) is 8.89. The van der Waals surface area contributed by atoms with E-state index in [4.69, 9.17) is 4.74 Å². The fraction of sp³-hybridized carbons (Fsp3) is 1.00. The maximum Gasteiger partial charge on any atom is 0.0576 e. The van der Waals surface area contributed by atoms with Crippen molar-refractivity contribution >= 4 is 0 Å². The van der Waals surface area contributed by atoms with Crippen molar-refractivity contribution in [3.8, 4) is 0 Å². The molecule has 3 nitrogen and oxygen atoms in total. The predicted molar refractivity (Wildman–Crippen MR) is 76.0 cm³/mol. The van der Waals surface area contributed by atoms with E-state index in [1.807, 2.05) is 0 Å². The SMILES string of the molecule is C1CCN(CCCNCCCC2CCCO2)CC1. The highest BCUT2D eigenvalue weighted by Crippen LogP contribution is 2.16. The molecule has 1 unspecified atom stereocenters. The number of ether oxygens (including phenoxy) is 1. The highest BCUT2D eigenvalue weighted by molar-refractivity contribution is 4.66. The lowest BCUT2D eigenvalue weighted by atomic mass is 10.1. The number of hydrogen-bond donors (Lipinski definition) is 1. The van der Waals surface area contributed by atoms with E-state index in [-0.39, 0.29) is 0 Å². The Morgan fingerprint density at radius 3 is 2.61 bits per heavy atom. The first kappa shape index (κ1) is 14.3. The second-order valence-corrected chi connectivity index (χ2v) is 5.78. The van der Waals surface area contributed by atoms with Gasteiger partial charge in [0.15, 0.2) is 0 Å². The van der Waals surface area contributed by atoms with E-state index >= 15 is 0 Å². The van der Waals surface area contributed by atoms with E-state index in [1.165, 1.54) is 84.1 Å². The lowest BCUT2D eigenvalue weighted by Crippen LogP contribution is -2.32. The van der Waals surface area contributed by atoms with Gasteiger partial charge in [0.1, 0.15) is 0 Å². The van der Waals surface area contributed by atoms with Crippen LogP contribution in [-0.2, 0) is 4.74 Å². The monoisotopic (exact) mass is 254 g/mol. The van der Waals surface area contributed by atoms with Gasteiger partial charge in [-0.05, 0) is 77.7 Å². The van der Waals surface area contributed by atoms with Gasteiger partial charge in [0.05, 0.1) is 6.10 Å². The zero-order valence-corrected chi connectivity index (χ0v) is 11.8. The normalized spacial score (nSPS) is 25.7. The molecule has 1 N–H and O–H groups in total. The van der Waals surface area contributed by atoms with Gasteiger partial charge in [-0.15, -0.1) is 0 Å². The number of hydrogen-bond acceptors (Lipinski definition) is 3. The molecule has 18 heavy (non-hydrogen) atoms. The van der Waals surface area contributed by atoms with Crippen LogP contribution in [0.3, 0.4) is 0 Å². The van der Waals surface area contributed by atoms with Crippen molar-refractivity contribution in [2.24, 2.45) is 0 Å². The minimum absolute atomic E-state index is 0.570. The smallest absolute Gasteiger partial charge is 0.0576 e. The van der Waals surface area contributed by atoms with Crippen LogP contribution in [0.25, 0.3) is 0 Å². The maximum atomic E-state index is 5.63. The van der Waals surface area contributed by atoms with E-state index in [2.05, 4.69) is 10.2 Å². The summed E-state index contributed by atoms with van der Waals surface area (Å²) in [6.45, 7) is 7.30. The average molecular weight is 254 g/mol. The summed E-state index contributed by atoms with van der Waals surface area (Å²) in [6.07, 6.45) is 11.2. The largest absolute Gasteiger partial charge is 0.378 e. The van der Waals surface area contributed by atoms with Crippen molar-refractivity contribution in [2.75, 3.05) is 39.3 Å². The molecule has 0 radical (unpaired) electrons. The van der Waals surface area contributed by atoms with Gasteiger partial charge in [-0.2, -0.15) is 0 Å². The van der Waals surface area contributed by atoms with Crippen molar-refractivity contribution in [3.63, 3.8) is 0 Å². The first-order valence-corrected chi connectivity index (χ1v) is 8.00. The number of rotatable bonds is 8. The molecule has 1 atom stereocenters. The minimum atomic E-state index is 0.570. The van der Waals surface area contributed by atoms with Crippen LogP contribution >= 0.6 is 0 Å². The summed E-state index contributed by atoms with van der Waals surface area (Å²) >= 11 is 0. The molecule has 0 bridgehead atoms. The Morgan fingerprint density at radius 2 is 1.83 bits per heavy atom. The summed E-state index contributed by atoms with van der Waals surface area (Å²) in [6, 6.07) is 0. The number of likely N-dealkylation sites (tertiary alicyclic amines) is 1. The van der Waals surface area contributed by atoms with Crippen molar-refractivity contribution in [1.82, 2.24) is 10.2 Å². The Hall–Kier alpha value is -0.120. The van der Waals surface area contributed by atoms with Gasteiger partial charge in [0, 0.05) is 6.61 Å². The van der Waals surface area contributed by atoms with Gasteiger partial charge in [-0.1, -0.05) is 6.42 Å². The fourth-order valence-electron chi connectivity index (χ4n) is 3.06. The lowest BCUT2D eigenvalue weighted by molar-refractivity contribution is 0.102. The molecule has 0 aromatic heterocycles. The first-order chi connectivity index (χ1) is 8.95. The molecule has 2 fully saturated rings. The number of nitrogens with zero attached hydrogens (tertiary/aromatic N) is 1. The highest BCUT2D eigenvalue weighted by Gasteiger charge is 2.14. The molecule has 0 aromatic rings. The van der Waals surface area contributed by atoms with Crippen LogP contribution < -0.4 is 5.32 Å². The van der Waals surface area contributed by atoms with Gasteiger partial charge < -0.3 is 15.0 Å². The molecular weight excluding hydrogens is 224 g/mol. The molecule has 0 aromatic carbocycles. The predicted octanol–water partition coefficient (Wildman–Crippen LogP) is 2.41. The molecule has 0 spiro atoms. The highest BCUT2D eigenvalue weighted by atomic mass is 16.5. The van der Waals surface area contributed by atoms with Gasteiger partial charge in [-0.3, -0.25) is 0 Å². The van der Waals surface area contributed by atoms with E-state index in [0.29, 0.717) is 6.10 Å². The average Bonchev–Trinajstić information content (AvgIpc) is 2.92. The van der Waals surface area contributed by atoms with Crippen LogP contribution in [0.5, 0.6) is 0 Å². The van der Waals surface area contributed by atoms with Crippen LogP contribution in [0.2, 0.25) is 0 Å². The molecule has 3 heteroatoms. The van der Waals surface area contributed by atoms with Crippen molar-refractivity contribution < 1.29 is 4.74 Å². The van der Waals surface area contributed by atoms with E-state index in [9.17, 15) is 0 Å². The third-order valence-corrected chi connectivity index (χ3v) is 4.18. The van der Waals surface area contributed by atoms with Crippen LogP contribution in [0, 0.1) is 0 Å². The summed E-state index contributed by atoms with van der Waals surface area (Å²) in [4.78, 5) is 2.62. The molecular formula is C15H30N2O. The Morgan fingerprint density at radius 1 is 1.00 bits per heavy atom. The van der Waals surface area contributed by atoms with Crippen molar-refractivity contribution in [1.29, 1.82) is 0 Å². The maximum absolute atomic E-state index is 5.63. The Labute approximate surface area is 112 Å². The Balaban J connectivity index is 1.35. The summed E-state index contributed by atoms with van der Waals surface area (Å²) in [5.41, 5.74) is 0. The molecule has 0 amide bonds. The number of nitrogens with one attached hydrogen (secondary N) is 1. The van der Waals surface area contributed by atoms with Gasteiger partial charge in [0.2, 0.25) is 0 Å². The molecule has 2 aliphatic heterocycles. The topological polar surface area (TPSA) is 24.5 Å². The lowest BCUT2D eigenvalue weighted by Gasteiger charge is -2.26. The third-order valence-electron chi connectivity index (χ3n) is 4.18. The quantitative estimate of drug-likeness (QED) is 0.673. The molecule has 2 saturated heterocycles. The standard InChI is InChI=1S/C15H30N2O/c1-2-11-17(12-3-1)13-6-10-16-9-4-7-15-8-5-14-18-15/h15-16H,1-14H2. The zero-order valence-electron chi connectivity index (χ0n) is 11.8. The summed E-state index contributed by atoms with van der Waals surface area (Å²) < 4.78 is 5.63. The Bertz CT molecular complexity index is 199. The van der Waals surface area contributed by atoms with Crippen molar-refractivity contribution in [3.05, 3.63) is 0 Å². The summed E-state index contributed by atoms with van der Waals surface area (Å²) in [5.74, 6) is 0. The first-order valence-electron chi connectivity index (χ1n) is 8.00.